The molecule has 0 aromatic heterocycles. The van der Waals surface area contributed by atoms with Crippen molar-refractivity contribution in [3.8, 4) is 0 Å². The molecule has 1 spiro atoms. The Morgan fingerprint density at radius 3 is 2.68 bits per heavy atom. The monoisotopic (exact) mass is 778 g/mol. The second-order valence-electron chi connectivity index (χ2n) is 20.2. The van der Waals surface area contributed by atoms with Crippen LogP contribution < -0.4 is 27.0 Å². The molecule has 13 heteroatoms. The average molecular weight is 779 g/mol. The molecule has 0 aromatic carbocycles. The lowest BCUT2D eigenvalue weighted by Crippen LogP contribution is -3.08. The van der Waals surface area contributed by atoms with Gasteiger partial charge in [-0.15, -0.1) is 0 Å². The third-order valence-electron chi connectivity index (χ3n) is 16.4. The summed E-state index contributed by atoms with van der Waals surface area (Å²) in [6.45, 7) is 7.88. The summed E-state index contributed by atoms with van der Waals surface area (Å²) in [5, 5.41) is 18.1. The first kappa shape index (κ1) is 38.2. The van der Waals surface area contributed by atoms with E-state index >= 15 is 0 Å². The number of esters is 1. The van der Waals surface area contributed by atoms with Gasteiger partial charge in [0.25, 0.3) is 0 Å². The minimum absolute atomic E-state index is 0.00477. The molecule has 0 amide bonds. The van der Waals surface area contributed by atoms with Gasteiger partial charge >= 0.3 is 5.97 Å². The van der Waals surface area contributed by atoms with E-state index in [4.69, 9.17) is 30.4 Å². The van der Waals surface area contributed by atoms with Gasteiger partial charge in [-0.05, 0) is 90.0 Å². The predicted octanol–water partition coefficient (Wildman–Crippen LogP) is 0.204. The van der Waals surface area contributed by atoms with Crippen molar-refractivity contribution in [1.29, 1.82) is 0 Å². The Morgan fingerprint density at radius 2 is 1.84 bits per heavy atom. The average Bonchev–Trinajstić information content (AvgIpc) is 3.55. The first-order chi connectivity index (χ1) is 26.9. The molecule has 2 aliphatic carbocycles. The third kappa shape index (κ3) is 6.50. The van der Waals surface area contributed by atoms with E-state index in [-0.39, 0.29) is 60.3 Å². The van der Waals surface area contributed by atoms with Crippen LogP contribution in [-0.4, -0.2) is 108 Å². The number of fused-ring (bicyclic) bond motifs is 8. The van der Waals surface area contributed by atoms with Crippen molar-refractivity contribution in [1.82, 2.24) is 5.32 Å². The molecule has 9 N–H and O–H groups in total. The van der Waals surface area contributed by atoms with Crippen LogP contribution in [0.15, 0.2) is 29.0 Å². The fourth-order valence-electron chi connectivity index (χ4n) is 14.1. The molecule has 308 valence electrons. The highest BCUT2D eigenvalue weighted by atomic mass is 16.7. The van der Waals surface area contributed by atoms with Gasteiger partial charge in [0.1, 0.15) is 42.1 Å². The number of aliphatic hydroxyl groups is 1. The van der Waals surface area contributed by atoms with E-state index in [1.54, 1.807) is 0 Å². The molecule has 0 aromatic rings. The molecular weight excluding hydrogens is 713 g/mol. The van der Waals surface area contributed by atoms with Crippen molar-refractivity contribution < 1.29 is 43.9 Å². The SMILES string of the molecule is CC1CC(=O)C2C(CC3OC(C)(C)C4OC(=O)C5(CCCC4C3C2O)OC5CCC2CC(N)[NH2+]C3C2CCCC2C(N)NC(C[NH+]4C=C5C=CN=C5C4)CC23)O1. The molecule has 13 nitrogen and oxygen atoms in total. The Morgan fingerprint density at radius 1 is 1.02 bits per heavy atom. The summed E-state index contributed by atoms with van der Waals surface area (Å²) in [4.78, 5) is 33.4. The molecule has 10 aliphatic rings. The molecule has 19 atom stereocenters. The Labute approximate surface area is 331 Å². The number of aliphatic imine (C=N–C) groups is 1. The van der Waals surface area contributed by atoms with E-state index in [1.165, 1.54) is 29.0 Å². The van der Waals surface area contributed by atoms with Crippen LogP contribution in [0.1, 0.15) is 97.8 Å². The third-order valence-corrected chi connectivity index (χ3v) is 16.4. The lowest BCUT2D eigenvalue weighted by molar-refractivity contribution is -0.835. The zero-order valence-corrected chi connectivity index (χ0v) is 33.5. The summed E-state index contributed by atoms with van der Waals surface area (Å²) < 4.78 is 25.8. The normalized spacial score (nSPS) is 51.8. The second-order valence-corrected chi connectivity index (χ2v) is 20.2. The van der Waals surface area contributed by atoms with Crippen molar-refractivity contribution in [2.75, 3.05) is 13.1 Å². The molecule has 56 heavy (non-hydrogen) atoms. The van der Waals surface area contributed by atoms with Gasteiger partial charge in [-0.1, -0.05) is 6.42 Å². The van der Waals surface area contributed by atoms with Crippen molar-refractivity contribution in [2.45, 2.75) is 170 Å². The zero-order chi connectivity index (χ0) is 38.7. The van der Waals surface area contributed by atoms with E-state index in [9.17, 15) is 14.7 Å². The molecule has 8 heterocycles. The first-order valence-corrected chi connectivity index (χ1v) is 22.2. The van der Waals surface area contributed by atoms with Gasteiger partial charge in [0, 0.05) is 49.1 Å². The zero-order valence-electron chi connectivity index (χ0n) is 33.5. The molecular formula is C43H66N6O7+2. The van der Waals surface area contributed by atoms with Crippen molar-refractivity contribution in [2.24, 2.45) is 57.9 Å². The van der Waals surface area contributed by atoms with Crippen LogP contribution in [0, 0.1) is 41.4 Å². The van der Waals surface area contributed by atoms with E-state index in [0.717, 1.165) is 58.0 Å². The number of rotatable bonds is 5. The number of Topliss-reactive ketones (excluding diaryl/α,β-unsaturated/α-hetero) is 1. The van der Waals surface area contributed by atoms with E-state index in [1.807, 2.05) is 27.0 Å². The van der Waals surface area contributed by atoms with E-state index < -0.39 is 29.3 Å². The predicted molar refractivity (Wildman–Crippen MR) is 206 cm³/mol. The van der Waals surface area contributed by atoms with Crippen molar-refractivity contribution in [3.63, 3.8) is 0 Å². The highest BCUT2D eigenvalue weighted by Gasteiger charge is 2.67. The lowest BCUT2D eigenvalue weighted by atomic mass is 9.61. The summed E-state index contributed by atoms with van der Waals surface area (Å²) >= 11 is 0. The summed E-state index contributed by atoms with van der Waals surface area (Å²) in [6, 6.07) is 0.802. The van der Waals surface area contributed by atoms with Crippen LogP contribution in [0.4, 0.5) is 0 Å². The molecule has 19 unspecified atom stereocenters. The van der Waals surface area contributed by atoms with Crippen LogP contribution in [0.5, 0.6) is 0 Å². The summed E-state index contributed by atoms with van der Waals surface area (Å²) in [6.07, 6.45) is 14.6. The van der Waals surface area contributed by atoms with Crippen molar-refractivity contribution in [3.05, 3.63) is 24.0 Å². The molecule has 0 bridgehead atoms. The number of quaternary nitrogens is 2. The first-order valence-electron chi connectivity index (χ1n) is 22.2. The van der Waals surface area contributed by atoms with Gasteiger partial charge in [0.2, 0.25) is 0 Å². The molecule has 10 rings (SSSR count). The number of hydrogen-bond donors (Lipinski definition) is 6. The maximum absolute atomic E-state index is 14.2. The number of ketones is 1. The van der Waals surface area contributed by atoms with E-state index in [0.29, 0.717) is 55.0 Å². The number of aliphatic hydroxyl groups excluding tert-OH is 1. The smallest absolute Gasteiger partial charge is 0.341 e. The Balaban J connectivity index is 0.798. The number of hydrogen-bond acceptors (Lipinski definition) is 11. The number of piperidine rings is 2. The highest BCUT2D eigenvalue weighted by molar-refractivity contribution is 6.06. The summed E-state index contributed by atoms with van der Waals surface area (Å²) in [7, 11) is 0. The minimum Gasteiger partial charge on any atom is -0.457 e. The lowest BCUT2D eigenvalue weighted by Gasteiger charge is -2.57. The Kier molecular flexibility index (Phi) is 9.74. The van der Waals surface area contributed by atoms with Gasteiger partial charge in [0.15, 0.2) is 5.60 Å². The molecule has 8 aliphatic heterocycles. The second kappa shape index (κ2) is 14.3. The Bertz CT molecular complexity index is 1670. The van der Waals surface area contributed by atoms with Crippen LogP contribution in [-0.2, 0) is 28.5 Å². The van der Waals surface area contributed by atoms with E-state index in [2.05, 4.69) is 27.9 Å². The van der Waals surface area contributed by atoms with Gasteiger partial charge < -0.3 is 40.0 Å². The van der Waals surface area contributed by atoms with Gasteiger partial charge in [0.05, 0.1) is 66.8 Å². The number of nitrogens with zero attached hydrogens (tertiary/aromatic N) is 1. The summed E-state index contributed by atoms with van der Waals surface area (Å²) in [5.41, 5.74) is 14.6. The number of epoxide rings is 1. The summed E-state index contributed by atoms with van der Waals surface area (Å²) in [5.74, 6) is 0.837. The van der Waals surface area contributed by atoms with Gasteiger partial charge in [-0.25, -0.2) is 4.79 Å². The van der Waals surface area contributed by atoms with Crippen LogP contribution in [0.25, 0.3) is 0 Å². The van der Waals surface area contributed by atoms with Gasteiger partial charge in [-0.2, -0.15) is 0 Å². The molecule has 6 saturated heterocycles. The number of carbonyl (C=O) groups is 2. The van der Waals surface area contributed by atoms with Crippen LogP contribution >= 0.6 is 0 Å². The number of nitrogens with two attached hydrogens (primary N) is 3. The van der Waals surface area contributed by atoms with Crippen molar-refractivity contribution >= 4 is 17.5 Å². The topological polar surface area (TPSA) is 192 Å². The maximum Gasteiger partial charge on any atom is 0.341 e. The molecule has 2 saturated carbocycles. The molecule has 0 radical (unpaired) electrons. The maximum atomic E-state index is 14.2. The van der Waals surface area contributed by atoms with Crippen LogP contribution in [0.3, 0.4) is 0 Å². The fourth-order valence-corrected chi connectivity index (χ4v) is 14.1. The number of carbonyl (C=O) groups excluding carboxylic acids is 2. The molecule has 8 fully saturated rings. The number of nitrogens with one attached hydrogen (secondary N) is 2. The highest BCUT2D eigenvalue weighted by Crippen LogP contribution is 2.54. The Hall–Kier alpha value is -2.07. The quantitative estimate of drug-likeness (QED) is 0.166. The number of ether oxygens (including phenoxy) is 4. The number of allylic oxidation sites excluding steroid dienone is 1. The minimum atomic E-state index is -0.920. The largest absolute Gasteiger partial charge is 0.457 e. The van der Waals surface area contributed by atoms with Crippen LogP contribution in [0.2, 0.25) is 0 Å². The van der Waals surface area contributed by atoms with Gasteiger partial charge in [-0.3, -0.25) is 20.8 Å². The standard InChI is InChI=1S/C43H64N6O7/c1-21-14-30(50)36-31(53-21)17-32-35(38(36)51)27-8-5-12-43(41(52)54-39(27)42(2,3)55-32)33(56-43)10-9-22-15-34(44)48-37-25(22)6-4-7-26-28(37)16-24(47-40(26)45)19-49-18-23-11-13-46-29(23)20-49/h11,13,18,21-22,24-28,31-40,47-48,51H,4-10,12,14-17,19-20,44-45H2,1-3H3/p+2. The fraction of sp³-hybridized carbons (Fsp3) is 0.837.